The van der Waals surface area contributed by atoms with E-state index in [1.807, 2.05) is 0 Å². The summed E-state index contributed by atoms with van der Waals surface area (Å²) < 4.78 is 0. The standard InChI is InChI=1S/C13H18ClN3O/c1-8-3-2-4-9(5-8)17-13(18)10-6-12(15)16-7-11(10)14/h6-9H,2-5H2,1H3,(H2,15,16)(H,17,18). The molecule has 2 rings (SSSR count). The number of pyridine rings is 1. The molecule has 2 atom stereocenters. The fraction of sp³-hybridized carbons (Fsp3) is 0.538. The summed E-state index contributed by atoms with van der Waals surface area (Å²) in [7, 11) is 0. The predicted molar refractivity (Wildman–Crippen MR) is 72.5 cm³/mol. The van der Waals surface area contributed by atoms with Crippen LogP contribution in [0, 0.1) is 5.92 Å². The first-order chi connectivity index (χ1) is 8.56. The van der Waals surface area contributed by atoms with E-state index in [0.29, 0.717) is 22.3 Å². The van der Waals surface area contributed by atoms with Crippen LogP contribution in [0.3, 0.4) is 0 Å². The zero-order valence-corrected chi connectivity index (χ0v) is 11.2. The van der Waals surface area contributed by atoms with Crippen LogP contribution in [0.1, 0.15) is 43.0 Å². The van der Waals surface area contributed by atoms with E-state index in [2.05, 4.69) is 17.2 Å². The summed E-state index contributed by atoms with van der Waals surface area (Å²) in [6, 6.07) is 1.76. The molecule has 1 fully saturated rings. The van der Waals surface area contributed by atoms with Crippen molar-refractivity contribution in [3.05, 3.63) is 22.8 Å². The van der Waals surface area contributed by atoms with Gasteiger partial charge in [-0.25, -0.2) is 4.98 Å². The molecular formula is C13H18ClN3O. The highest BCUT2D eigenvalue weighted by atomic mass is 35.5. The van der Waals surface area contributed by atoms with Crippen LogP contribution >= 0.6 is 11.6 Å². The minimum Gasteiger partial charge on any atom is -0.384 e. The summed E-state index contributed by atoms with van der Waals surface area (Å²) in [6.45, 7) is 2.22. The van der Waals surface area contributed by atoms with Gasteiger partial charge in [0, 0.05) is 12.2 Å². The highest BCUT2D eigenvalue weighted by molar-refractivity contribution is 6.33. The third kappa shape index (κ3) is 3.13. The zero-order valence-electron chi connectivity index (χ0n) is 10.4. The second-order valence-corrected chi connectivity index (χ2v) is 5.44. The lowest BCUT2D eigenvalue weighted by molar-refractivity contribution is 0.0921. The maximum absolute atomic E-state index is 12.1. The number of nitrogens with one attached hydrogen (secondary N) is 1. The molecule has 3 N–H and O–H groups in total. The second kappa shape index (κ2) is 5.57. The van der Waals surface area contributed by atoms with Gasteiger partial charge in [-0.1, -0.05) is 31.4 Å². The molecule has 1 saturated carbocycles. The number of nitrogens with two attached hydrogens (primary N) is 1. The van der Waals surface area contributed by atoms with E-state index in [1.165, 1.54) is 25.1 Å². The van der Waals surface area contributed by atoms with Crippen molar-refractivity contribution in [1.82, 2.24) is 10.3 Å². The Bertz CT molecular complexity index is 450. The third-order valence-electron chi connectivity index (χ3n) is 3.39. The molecule has 0 aliphatic heterocycles. The van der Waals surface area contributed by atoms with Gasteiger partial charge in [0.15, 0.2) is 0 Å². The smallest absolute Gasteiger partial charge is 0.253 e. The normalized spacial score (nSPS) is 23.7. The maximum Gasteiger partial charge on any atom is 0.253 e. The summed E-state index contributed by atoms with van der Waals surface area (Å²) in [5, 5.41) is 3.37. The summed E-state index contributed by atoms with van der Waals surface area (Å²) in [4.78, 5) is 16.0. The molecule has 1 aromatic rings. The Morgan fingerprint density at radius 2 is 2.33 bits per heavy atom. The van der Waals surface area contributed by atoms with Crippen LogP contribution in [0.4, 0.5) is 5.82 Å². The van der Waals surface area contributed by atoms with Crippen molar-refractivity contribution in [3.63, 3.8) is 0 Å². The second-order valence-electron chi connectivity index (χ2n) is 5.03. The minimum absolute atomic E-state index is 0.159. The minimum atomic E-state index is -0.159. The van der Waals surface area contributed by atoms with Crippen molar-refractivity contribution in [1.29, 1.82) is 0 Å². The van der Waals surface area contributed by atoms with Crippen molar-refractivity contribution in [2.75, 3.05) is 5.73 Å². The average molecular weight is 268 g/mol. The Kier molecular flexibility index (Phi) is 4.07. The SMILES string of the molecule is CC1CCCC(NC(=O)c2cc(N)ncc2Cl)C1. The maximum atomic E-state index is 12.1. The molecular weight excluding hydrogens is 250 g/mol. The fourth-order valence-corrected chi connectivity index (χ4v) is 2.65. The molecule has 0 spiro atoms. The van der Waals surface area contributed by atoms with Gasteiger partial charge < -0.3 is 11.1 Å². The Hall–Kier alpha value is -1.29. The van der Waals surface area contributed by atoms with E-state index < -0.39 is 0 Å². The van der Waals surface area contributed by atoms with Gasteiger partial charge in [-0.15, -0.1) is 0 Å². The lowest BCUT2D eigenvalue weighted by atomic mass is 9.87. The first-order valence-electron chi connectivity index (χ1n) is 6.28. The van der Waals surface area contributed by atoms with Crippen LogP contribution in [0.2, 0.25) is 5.02 Å². The van der Waals surface area contributed by atoms with Crippen molar-refractivity contribution in [2.45, 2.75) is 38.6 Å². The van der Waals surface area contributed by atoms with Crippen molar-refractivity contribution in [3.8, 4) is 0 Å². The van der Waals surface area contributed by atoms with Crippen LogP contribution in [0.25, 0.3) is 0 Å². The molecule has 5 heteroatoms. The summed E-state index contributed by atoms with van der Waals surface area (Å²) in [5.74, 6) is 0.816. The number of rotatable bonds is 2. The number of halogens is 1. The largest absolute Gasteiger partial charge is 0.384 e. The summed E-state index contributed by atoms with van der Waals surface area (Å²) in [5.41, 5.74) is 5.98. The molecule has 0 saturated heterocycles. The molecule has 0 radical (unpaired) electrons. The Morgan fingerprint density at radius 3 is 3.06 bits per heavy atom. The summed E-state index contributed by atoms with van der Waals surface area (Å²) >= 11 is 5.96. The van der Waals surface area contributed by atoms with Gasteiger partial charge >= 0.3 is 0 Å². The van der Waals surface area contributed by atoms with Crippen LogP contribution in [0.15, 0.2) is 12.3 Å². The molecule has 4 nitrogen and oxygen atoms in total. The fourth-order valence-electron chi connectivity index (χ4n) is 2.46. The number of nitrogen functional groups attached to an aromatic ring is 1. The van der Waals surface area contributed by atoms with Crippen molar-refractivity contribution in [2.24, 2.45) is 5.92 Å². The molecule has 98 valence electrons. The van der Waals surface area contributed by atoms with Gasteiger partial charge in [-0.3, -0.25) is 4.79 Å². The molecule has 1 amide bonds. The number of amides is 1. The van der Waals surface area contributed by atoms with Gasteiger partial charge in [-0.05, 0) is 24.8 Å². The Balaban J connectivity index is 2.05. The van der Waals surface area contributed by atoms with Crippen LogP contribution < -0.4 is 11.1 Å². The van der Waals surface area contributed by atoms with Gasteiger partial charge in [0.05, 0.1) is 10.6 Å². The first kappa shape index (κ1) is 13.1. The molecule has 2 unspecified atom stereocenters. The number of anilines is 1. The molecule has 18 heavy (non-hydrogen) atoms. The topological polar surface area (TPSA) is 68.0 Å². The van der Waals surface area contributed by atoms with E-state index in [1.54, 1.807) is 0 Å². The van der Waals surface area contributed by atoms with Gasteiger partial charge in [0.2, 0.25) is 0 Å². The van der Waals surface area contributed by atoms with E-state index in [4.69, 9.17) is 17.3 Å². The highest BCUT2D eigenvalue weighted by Gasteiger charge is 2.22. The van der Waals surface area contributed by atoms with Crippen LogP contribution in [0.5, 0.6) is 0 Å². The van der Waals surface area contributed by atoms with E-state index in [-0.39, 0.29) is 11.9 Å². The lowest BCUT2D eigenvalue weighted by Gasteiger charge is -2.27. The van der Waals surface area contributed by atoms with E-state index in [0.717, 1.165) is 12.8 Å². The Morgan fingerprint density at radius 1 is 1.56 bits per heavy atom. The molecule has 1 heterocycles. The number of carbonyl (C=O) groups excluding carboxylic acids is 1. The molecule has 1 aromatic heterocycles. The highest BCUT2D eigenvalue weighted by Crippen LogP contribution is 2.24. The Labute approximate surface area is 112 Å². The van der Waals surface area contributed by atoms with Gasteiger partial charge in [-0.2, -0.15) is 0 Å². The van der Waals surface area contributed by atoms with Gasteiger partial charge in [0.25, 0.3) is 5.91 Å². The molecule has 0 aromatic carbocycles. The molecule has 0 bridgehead atoms. The number of carbonyl (C=O) groups is 1. The van der Waals surface area contributed by atoms with Gasteiger partial charge in [0.1, 0.15) is 5.82 Å². The number of aromatic nitrogens is 1. The number of hydrogen-bond donors (Lipinski definition) is 2. The predicted octanol–water partition coefficient (Wildman–Crippen LogP) is 2.63. The average Bonchev–Trinajstić information content (AvgIpc) is 2.32. The molecule has 1 aliphatic rings. The van der Waals surface area contributed by atoms with Crippen LogP contribution in [-0.4, -0.2) is 16.9 Å². The first-order valence-corrected chi connectivity index (χ1v) is 6.66. The third-order valence-corrected chi connectivity index (χ3v) is 3.69. The quantitative estimate of drug-likeness (QED) is 0.866. The van der Waals surface area contributed by atoms with E-state index >= 15 is 0 Å². The summed E-state index contributed by atoms with van der Waals surface area (Å²) in [6.07, 6.45) is 5.89. The molecule has 1 aliphatic carbocycles. The van der Waals surface area contributed by atoms with Crippen LogP contribution in [-0.2, 0) is 0 Å². The zero-order chi connectivity index (χ0) is 13.1. The lowest BCUT2D eigenvalue weighted by Crippen LogP contribution is -2.38. The number of hydrogen-bond acceptors (Lipinski definition) is 3. The monoisotopic (exact) mass is 267 g/mol. The number of nitrogens with zero attached hydrogens (tertiary/aromatic N) is 1. The van der Waals surface area contributed by atoms with Crippen molar-refractivity contribution < 1.29 is 4.79 Å². The van der Waals surface area contributed by atoms with E-state index in [9.17, 15) is 4.79 Å². The van der Waals surface area contributed by atoms with Crippen molar-refractivity contribution >= 4 is 23.3 Å².